The average molecular weight is 480 g/mol. The second-order valence-corrected chi connectivity index (χ2v) is 10.2. The number of ether oxygens (including phenoxy) is 1. The topological polar surface area (TPSA) is 118 Å². The number of aromatic nitrogens is 1. The summed E-state index contributed by atoms with van der Waals surface area (Å²) in [6, 6.07) is 17.8. The number of hydrogen-bond donors (Lipinski definition) is 1. The molecule has 0 aliphatic heterocycles. The molecule has 0 fully saturated rings. The number of carbonyl (C=O) groups is 2. The van der Waals surface area contributed by atoms with Crippen molar-refractivity contribution in [1.29, 1.82) is 5.26 Å². The number of hydrogen-bond acceptors (Lipinski definition) is 6. The Bertz CT molecular complexity index is 1370. The van der Waals surface area contributed by atoms with E-state index >= 15 is 0 Å². The van der Waals surface area contributed by atoms with E-state index in [2.05, 4.69) is 11.4 Å². The molecule has 0 atom stereocenters. The molecule has 1 amide bonds. The number of carbonyl (C=O) groups excluding carboxylic acids is 2. The van der Waals surface area contributed by atoms with Gasteiger partial charge in [-0.2, -0.15) is 5.26 Å². The Hall–Kier alpha value is -3.90. The summed E-state index contributed by atoms with van der Waals surface area (Å²) in [6.07, 6.45) is 1.11. The molecular weight excluding hydrogens is 454 g/mol. The van der Waals surface area contributed by atoms with Gasteiger partial charge in [0.25, 0.3) is 5.91 Å². The maximum Gasteiger partial charge on any atom is 0.338 e. The number of nitrogens with one attached hydrogen (secondary N) is 1. The third-order valence-electron chi connectivity index (χ3n) is 5.31. The molecular formula is C25H25N3O5S. The molecule has 1 aromatic heterocycles. The molecule has 0 unspecified atom stereocenters. The highest BCUT2D eigenvalue weighted by atomic mass is 32.2. The van der Waals surface area contributed by atoms with Crippen molar-refractivity contribution >= 4 is 27.5 Å². The number of rotatable bonds is 8. The van der Waals surface area contributed by atoms with Gasteiger partial charge in [0.15, 0.2) is 16.4 Å². The first-order chi connectivity index (χ1) is 16.1. The van der Waals surface area contributed by atoms with Gasteiger partial charge in [-0.3, -0.25) is 4.79 Å². The van der Waals surface area contributed by atoms with E-state index in [0.29, 0.717) is 23.5 Å². The maximum atomic E-state index is 12.6. The lowest BCUT2D eigenvalue weighted by Gasteiger charge is -2.13. The van der Waals surface area contributed by atoms with E-state index in [1.165, 1.54) is 12.1 Å². The second-order valence-electron chi connectivity index (χ2n) is 8.01. The van der Waals surface area contributed by atoms with Crippen LogP contribution in [0.1, 0.15) is 38.3 Å². The van der Waals surface area contributed by atoms with Crippen LogP contribution in [0.25, 0.3) is 0 Å². The van der Waals surface area contributed by atoms with Crippen LogP contribution in [0.4, 0.5) is 5.82 Å². The van der Waals surface area contributed by atoms with Crippen molar-refractivity contribution < 1.29 is 22.7 Å². The molecule has 0 aliphatic rings. The molecule has 1 N–H and O–H groups in total. The van der Waals surface area contributed by atoms with Crippen LogP contribution in [0.5, 0.6) is 0 Å². The molecule has 0 saturated carbocycles. The first-order valence-electron chi connectivity index (χ1n) is 10.5. The predicted octanol–water partition coefficient (Wildman–Crippen LogP) is 3.37. The Kier molecular flexibility index (Phi) is 7.54. The zero-order chi connectivity index (χ0) is 24.9. The van der Waals surface area contributed by atoms with Crippen LogP contribution in [-0.2, 0) is 31.7 Å². The fourth-order valence-corrected chi connectivity index (χ4v) is 4.35. The van der Waals surface area contributed by atoms with E-state index in [4.69, 9.17) is 4.74 Å². The molecule has 34 heavy (non-hydrogen) atoms. The fraction of sp³-hybridized carbons (Fsp3) is 0.240. The highest BCUT2D eigenvalue weighted by molar-refractivity contribution is 7.89. The van der Waals surface area contributed by atoms with Gasteiger partial charge in [0.2, 0.25) is 0 Å². The number of benzene rings is 2. The van der Waals surface area contributed by atoms with E-state index in [-0.39, 0.29) is 11.3 Å². The number of sulfone groups is 1. The summed E-state index contributed by atoms with van der Waals surface area (Å²) in [5, 5.41) is 12.4. The van der Waals surface area contributed by atoms with E-state index in [0.717, 1.165) is 23.1 Å². The van der Waals surface area contributed by atoms with Crippen molar-refractivity contribution in [3.05, 3.63) is 88.1 Å². The normalized spacial score (nSPS) is 11.0. The summed E-state index contributed by atoms with van der Waals surface area (Å²) in [7, 11) is -3.26. The van der Waals surface area contributed by atoms with Crippen LogP contribution in [0.3, 0.4) is 0 Å². The minimum absolute atomic E-state index is 0.144. The largest absolute Gasteiger partial charge is 0.452 e. The number of nitriles is 1. The zero-order valence-electron chi connectivity index (χ0n) is 19.2. The monoisotopic (exact) mass is 479 g/mol. The Morgan fingerprint density at radius 2 is 1.74 bits per heavy atom. The van der Waals surface area contributed by atoms with Crippen molar-refractivity contribution in [1.82, 2.24) is 4.57 Å². The summed E-state index contributed by atoms with van der Waals surface area (Å²) in [5.41, 5.74) is 3.54. The van der Waals surface area contributed by atoms with Gasteiger partial charge in [-0.1, -0.05) is 42.5 Å². The molecule has 1 heterocycles. The van der Waals surface area contributed by atoms with Gasteiger partial charge in [-0.05, 0) is 42.7 Å². The van der Waals surface area contributed by atoms with Gasteiger partial charge in [0.05, 0.1) is 16.9 Å². The summed E-state index contributed by atoms with van der Waals surface area (Å²) in [5.74, 6) is -1.21. The molecule has 0 radical (unpaired) electrons. The zero-order valence-corrected chi connectivity index (χ0v) is 20.0. The third kappa shape index (κ3) is 6.11. The molecule has 8 nitrogen and oxygen atoms in total. The Balaban J connectivity index is 1.73. The highest BCUT2D eigenvalue weighted by Gasteiger charge is 2.21. The molecule has 3 aromatic rings. The maximum absolute atomic E-state index is 12.6. The summed E-state index contributed by atoms with van der Waals surface area (Å²) in [4.78, 5) is 25.0. The molecule has 2 aromatic carbocycles. The van der Waals surface area contributed by atoms with Crippen LogP contribution in [0.15, 0.2) is 54.6 Å². The van der Waals surface area contributed by atoms with Crippen molar-refractivity contribution in [2.75, 3.05) is 18.2 Å². The number of anilines is 1. The van der Waals surface area contributed by atoms with Gasteiger partial charge in [0, 0.05) is 18.5 Å². The van der Waals surface area contributed by atoms with E-state index in [1.807, 2.05) is 48.7 Å². The summed E-state index contributed by atoms with van der Waals surface area (Å²) < 4.78 is 30.0. The lowest BCUT2D eigenvalue weighted by Crippen LogP contribution is -2.23. The van der Waals surface area contributed by atoms with Crippen LogP contribution in [-0.4, -0.2) is 37.7 Å². The van der Waals surface area contributed by atoms with Crippen molar-refractivity contribution in [2.24, 2.45) is 0 Å². The van der Waals surface area contributed by atoms with E-state index < -0.39 is 28.3 Å². The second kappa shape index (κ2) is 10.4. The van der Waals surface area contributed by atoms with E-state index in [9.17, 15) is 23.3 Å². The van der Waals surface area contributed by atoms with Crippen molar-refractivity contribution in [3.8, 4) is 6.07 Å². The first kappa shape index (κ1) is 24.7. The van der Waals surface area contributed by atoms with Gasteiger partial charge in [-0.25, -0.2) is 13.2 Å². The van der Waals surface area contributed by atoms with Gasteiger partial charge in [-0.15, -0.1) is 0 Å². The molecule has 0 spiro atoms. The van der Waals surface area contributed by atoms with Crippen LogP contribution < -0.4 is 5.32 Å². The Morgan fingerprint density at radius 1 is 1.06 bits per heavy atom. The lowest BCUT2D eigenvalue weighted by atomic mass is 10.1. The third-order valence-corrected chi connectivity index (χ3v) is 6.17. The molecule has 3 rings (SSSR count). The molecule has 176 valence electrons. The van der Waals surface area contributed by atoms with Crippen molar-refractivity contribution in [3.63, 3.8) is 0 Å². The van der Waals surface area contributed by atoms with Crippen LogP contribution in [0, 0.1) is 25.2 Å². The fourth-order valence-electron chi connectivity index (χ4n) is 3.57. The number of esters is 1. The van der Waals surface area contributed by atoms with Crippen molar-refractivity contribution in [2.45, 2.75) is 26.1 Å². The summed E-state index contributed by atoms with van der Waals surface area (Å²) in [6.45, 7) is 3.58. The van der Waals surface area contributed by atoms with E-state index in [1.54, 1.807) is 12.1 Å². The predicted molar refractivity (Wildman–Crippen MR) is 128 cm³/mol. The standard InChI is InChI=1S/C25H25N3O5S/c1-17-18(2)28(14-19-8-5-4-6-9-19)24(22(17)13-26)27-23(29)15-33-25(30)21-11-7-10-20(12-21)16-34(3,31)32/h4-12H,14-16H2,1-3H3,(H,27,29). The molecule has 0 bridgehead atoms. The highest BCUT2D eigenvalue weighted by Crippen LogP contribution is 2.27. The van der Waals surface area contributed by atoms with Crippen LogP contribution in [0.2, 0.25) is 0 Å². The van der Waals surface area contributed by atoms with Gasteiger partial charge in [0.1, 0.15) is 11.9 Å². The average Bonchev–Trinajstić information content (AvgIpc) is 3.01. The summed E-state index contributed by atoms with van der Waals surface area (Å²) >= 11 is 0. The minimum Gasteiger partial charge on any atom is -0.452 e. The Morgan fingerprint density at radius 3 is 2.38 bits per heavy atom. The molecule has 0 aliphatic carbocycles. The molecule has 0 saturated heterocycles. The smallest absolute Gasteiger partial charge is 0.338 e. The quantitative estimate of drug-likeness (QED) is 0.495. The van der Waals surface area contributed by atoms with Gasteiger partial charge >= 0.3 is 5.97 Å². The van der Waals surface area contributed by atoms with Crippen LogP contribution >= 0.6 is 0 Å². The Labute approximate surface area is 198 Å². The first-order valence-corrected chi connectivity index (χ1v) is 12.5. The lowest BCUT2D eigenvalue weighted by molar-refractivity contribution is -0.119. The number of amides is 1. The SMILES string of the molecule is Cc1c(C#N)c(NC(=O)COC(=O)c2cccc(CS(C)(=O)=O)c2)n(Cc2ccccc2)c1C. The van der Waals surface area contributed by atoms with Gasteiger partial charge < -0.3 is 14.6 Å². The molecule has 9 heteroatoms. The number of nitrogens with zero attached hydrogens (tertiary/aromatic N) is 2. The minimum atomic E-state index is -3.26.